The fourth-order valence-electron chi connectivity index (χ4n) is 1.68. The number of rotatable bonds is 2. The zero-order valence-electron chi connectivity index (χ0n) is 9.98. The normalized spacial score (nSPS) is 10.3. The Morgan fingerprint density at radius 1 is 1.11 bits per heavy atom. The van der Waals surface area contributed by atoms with Gasteiger partial charge in [-0.2, -0.15) is 0 Å². The SMILES string of the molecule is COC(=O)c1cc(F)cc(-c2ccc(O)c(F)c2)c1. The van der Waals surface area contributed by atoms with E-state index in [9.17, 15) is 13.6 Å². The van der Waals surface area contributed by atoms with Crippen molar-refractivity contribution in [1.29, 1.82) is 0 Å². The van der Waals surface area contributed by atoms with Crippen molar-refractivity contribution in [3.05, 3.63) is 53.6 Å². The second kappa shape index (κ2) is 5.06. The summed E-state index contributed by atoms with van der Waals surface area (Å²) < 4.78 is 31.2. The third-order valence-corrected chi connectivity index (χ3v) is 2.60. The lowest BCUT2D eigenvalue weighted by Crippen LogP contribution is -2.02. The molecule has 0 atom stereocenters. The number of benzene rings is 2. The van der Waals surface area contributed by atoms with Gasteiger partial charge in [0, 0.05) is 0 Å². The monoisotopic (exact) mass is 264 g/mol. The molecule has 0 aliphatic carbocycles. The standard InChI is InChI=1S/C14H10F2O3/c1-19-14(18)10-4-9(5-11(15)6-10)8-2-3-13(17)12(16)7-8/h2-7,17H,1H3. The molecule has 0 saturated heterocycles. The van der Waals surface area contributed by atoms with E-state index in [1.165, 1.54) is 19.2 Å². The maximum atomic E-state index is 13.4. The van der Waals surface area contributed by atoms with Crippen molar-refractivity contribution < 1.29 is 23.4 Å². The van der Waals surface area contributed by atoms with Gasteiger partial charge in [0.25, 0.3) is 0 Å². The summed E-state index contributed by atoms with van der Waals surface area (Å²) in [7, 11) is 1.19. The summed E-state index contributed by atoms with van der Waals surface area (Å²) >= 11 is 0. The lowest BCUT2D eigenvalue weighted by molar-refractivity contribution is 0.0600. The molecule has 0 radical (unpaired) electrons. The molecular weight excluding hydrogens is 254 g/mol. The van der Waals surface area contributed by atoms with Crippen molar-refractivity contribution in [2.45, 2.75) is 0 Å². The number of carbonyl (C=O) groups excluding carboxylic acids is 1. The molecule has 3 nitrogen and oxygen atoms in total. The van der Waals surface area contributed by atoms with Crippen molar-refractivity contribution in [1.82, 2.24) is 0 Å². The molecule has 19 heavy (non-hydrogen) atoms. The minimum atomic E-state index is -0.818. The second-order valence-corrected chi connectivity index (χ2v) is 3.89. The average molecular weight is 264 g/mol. The Labute approximate surface area is 108 Å². The van der Waals surface area contributed by atoms with Crippen LogP contribution in [0, 0.1) is 11.6 Å². The van der Waals surface area contributed by atoms with Crippen LogP contribution in [0.25, 0.3) is 11.1 Å². The first-order valence-electron chi connectivity index (χ1n) is 5.39. The third-order valence-electron chi connectivity index (χ3n) is 2.60. The Kier molecular flexibility index (Phi) is 3.46. The van der Waals surface area contributed by atoms with Gasteiger partial charge < -0.3 is 9.84 Å². The number of phenols is 1. The highest BCUT2D eigenvalue weighted by molar-refractivity contribution is 5.91. The van der Waals surface area contributed by atoms with Crippen LogP contribution >= 0.6 is 0 Å². The molecule has 2 rings (SSSR count). The third kappa shape index (κ3) is 2.70. The number of hydrogen-bond donors (Lipinski definition) is 1. The van der Waals surface area contributed by atoms with Gasteiger partial charge in [-0.05, 0) is 41.5 Å². The van der Waals surface area contributed by atoms with Crippen molar-refractivity contribution in [2.24, 2.45) is 0 Å². The maximum Gasteiger partial charge on any atom is 0.337 e. The Morgan fingerprint density at radius 2 is 1.84 bits per heavy atom. The van der Waals surface area contributed by atoms with E-state index in [0.29, 0.717) is 11.1 Å². The molecule has 0 amide bonds. The molecule has 0 aliphatic heterocycles. The molecule has 0 fully saturated rings. The van der Waals surface area contributed by atoms with Crippen molar-refractivity contribution in [3.63, 3.8) is 0 Å². The number of aromatic hydroxyl groups is 1. The van der Waals surface area contributed by atoms with Gasteiger partial charge in [-0.1, -0.05) is 6.07 Å². The molecule has 0 saturated carbocycles. The van der Waals surface area contributed by atoms with E-state index < -0.39 is 23.4 Å². The van der Waals surface area contributed by atoms with E-state index >= 15 is 0 Å². The number of phenolic OH excluding ortho intramolecular Hbond substituents is 1. The fourth-order valence-corrected chi connectivity index (χ4v) is 1.68. The van der Waals surface area contributed by atoms with Crippen LogP contribution in [-0.4, -0.2) is 18.2 Å². The van der Waals surface area contributed by atoms with Crippen LogP contribution in [0.1, 0.15) is 10.4 Å². The Balaban J connectivity index is 2.52. The van der Waals surface area contributed by atoms with Crippen molar-refractivity contribution in [2.75, 3.05) is 7.11 Å². The molecule has 0 heterocycles. The summed E-state index contributed by atoms with van der Waals surface area (Å²) in [6.45, 7) is 0. The second-order valence-electron chi connectivity index (χ2n) is 3.89. The van der Waals surface area contributed by atoms with Crippen LogP contribution < -0.4 is 0 Å². The molecule has 2 aromatic carbocycles. The van der Waals surface area contributed by atoms with Crippen LogP contribution in [-0.2, 0) is 4.74 Å². The van der Waals surface area contributed by atoms with Crippen LogP contribution in [0.3, 0.4) is 0 Å². The number of halogens is 2. The van der Waals surface area contributed by atoms with Gasteiger partial charge >= 0.3 is 5.97 Å². The van der Waals surface area contributed by atoms with Gasteiger partial charge in [0.05, 0.1) is 12.7 Å². The number of esters is 1. The number of carbonyl (C=O) groups is 1. The summed E-state index contributed by atoms with van der Waals surface area (Å²) in [4.78, 5) is 11.4. The number of ether oxygens (including phenoxy) is 1. The van der Waals surface area contributed by atoms with Crippen molar-refractivity contribution in [3.8, 4) is 16.9 Å². The van der Waals surface area contributed by atoms with E-state index in [2.05, 4.69) is 4.74 Å². The highest BCUT2D eigenvalue weighted by Gasteiger charge is 2.11. The lowest BCUT2D eigenvalue weighted by atomic mass is 10.0. The summed E-state index contributed by atoms with van der Waals surface area (Å²) in [5.41, 5.74) is 0.699. The van der Waals surface area contributed by atoms with E-state index in [0.717, 1.165) is 24.3 Å². The molecular formula is C14H10F2O3. The lowest BCUT2D eigenvalue weighted by Gasteiger charge is -2.06. The first-order chi connectivity index (χ1) is 9.01. The van der Waals surface area contributed by atoms with Crippen LogP contribution in [0.4, 0.5) is 8.78 Å². The summed E-state index contributed by atoms with van der Waals surface area (Å²) in [5, 5.41) is 9.10. The van der Waals surface area contributed by atoms with Crippen LogP contribution in [0.15, 0.2) is 36.4 Å². The topological polar surface area (TPSA) is 46.5 Å². The number of methoxy groups -OCH3 is 1. The van der Waals surface area contributed by atoms with Gasteiger partial charge in [0.2, 0.25) is 0 Å². The highest BCUT2D eigenvalue weighted by Crippen LogP contribution is 2.26. The first kappa shape index (κ1) is 13.0. The summed E-state index contributed by atoms with van der Waals surface area (Å²) in [6.07, 6.45) is 0. The van der Waals surface area contributed by atoms with Gasteiger partial charge in [-0.3, -0.25) is 0 Å². The van der Waals surface area contributed by atoms with Gasteiger partial charge in [0.15, 0.2) is 11.6 Å². The quantitative estimate of drug-likeness (QED) is 0.848. The van der Waals surface area contributed by atoms with E-state index in [1.54, 1.807) is 0 Å². The molecule has 0 unspecified atom stereocenters. The molecule has 0 aliphatic rings. The fraction of sp³-hybridized carbons (Fsp3) is 0.0714. The highest BCUT2D eigenvalue weighted by atomic mass is 19.1. The summed E-state index contributed by atoms with van der Waals surface area (Å²) in [5.74, 6) is -2.62. The Morgan fingerprint density at radius 3 is 2.47 bits per heavy atom. The molecule has 0 bridgehead atoms. The van der Waals surface area contributed by atoms with E-state index in [-0.39, 0.29) is 5.56 Å². The van der Waals surface area contributed by atoms with Gasteiger partial charge in [-0.25, -0.2) is 13.6 Å². The molecule has 98 valence electrons. The zero-order valence-corrected chi connectivity index (χ0v) is 9.98. The smallest absolute Gasteiger partial charge is 0.337 e. The Bertz CT molecular complexity index is 639. The van der Waals surface area contributed by atoms with E-state index in [4.69, 9.17) is 5.11 Å². The molecule has 1 N–H and O–H groups in total. The predicted octanol–water partition coefficient (Wildman–Crippen LogP) is 3.12. The zero-order chi connectivity index (χ0) is 14.0. The predicted molar refractivity (Wildman–Crippen MR) is 64.8 cm³/mol. The molecule has 0 aromatic heterocycles. The molecule has 5 heteroatoms. The average Bonchev–Trinajstić information content (AvgIpc) is 2.40. The number of hydrogen-bond acceptors (Lipinski definition) is 3. The summed E-state index contributed by atoms with van der Waals surface area (Å²) in [6, 6.07) is 7.23. The molecule has 0 spiro atoms. The first-order valence-corrected chi connectivity index (χ1v) is 5.39. The van der Waals surface area contributed by atoms with E-state index in [1.807, 2.05) is 0 Å². The largest absolute Gasteiger partial charge is 0.505 e. The Hall–Kier alpha value is -2.43. The van der Waals surface area contributed by atoms with Crippen LogP contribution in [0.2, 0.25) is 0 Å². The van der Waals surface area contributed by atoms with Crippen molar-refractivity contribution >= 4 is 5.97 Å². The van der Waals surface area contributed by atoms with Gasteiger partial charge in [0.1, 0.15) is 5.82 Å². The van der Waals surface area contributed by atoms with Crippen LogP contribution in [0.5, 0.6) is 5.75 Å². The molecule has 2 aromatic rings. The van der Waals surface area contributed by atoms with Gasteiger partial charge in [-0.15, -0.1) is 0 Å². The maximum absolute atomic E-state index is 13.4. The minimum absolute atomic E-state index is 0.0333. The minimum Gasteiger partial charge on any atom is -0.505 e.